The number of hydrogen-bond donors (Lipinski definition) is 0. The molecule has 0 N–H and O–H groups in total. The molecule has 0 aliphatic rings. The van der Waals surface area contributed by atoms with Crippen molar-refractivity contribution in [2.75, 3.05) is 0 Å². The molecule has 0 radical (unpaired) electrons. The third kappa shape index (κ3) is 2.31. The van der Waals surface area contributed by atoms with Gasteiger partial charge in [-0.2, -0.15) is 0 Å². The summed E-state index contributed by atoms with van der Waals surface area (Å²) < 4.78 is 0. The molecule has 0 atom stereocenters. The smallest absolute Gasteiger partial charge is 0.159 e. The van der Waals surface area contributed by atoms with Gasteiger partial charge >= 0.3 is 0 Å². The van der Waals surface area contributed by atoms with Gasteiger partial charge in [0.15, 0.2) is 12.1 Å². The van der Waals surface area contributed by atoms with Crippen molar-refractivity contribution in [1.29, 1.82) is 0 Å². The fraction of sp³-hybridized carbons (Fsp3) is 0.0667. The lowest BCUT2D eigenvalue weighted by atomic mass is 9.98. The summed E-state index contributed by atoms with van der Waals surface area (Å²) in [6, 6.07) is 14.7. The van der Waals surface area contributed by atoms with Crippen LogP contribution in [0.5, 0.6) is 0 Å². The van der Waals surface area contributed by atoms with E-state index in [1.807, 2.05) is 36.4 Å². The monoisotopic (exact) mass is 224 g/mol. The molecule has 0 unspecified atom stereocenters. The minimum atomic E-state index is 0.0236. The zero-order chi connectivity index (χ0) is 12.3. The van der Waals surface area contributed by atoms with Gasteiger partial charge in [0.1, 0.15) is 0 Å². The molecule has 0 saturated heterocycles. The SMILES string of the molecule is CC(=O)c1cccc(-c2ccccc2C=O)c1. The van der Waals surface area contributed by atoms with E-state index in [1.54, 1.807) is 12.1 Å². The minimum absolute atomic E-state index is 0.0236. The topological polar surface area (TPSA) is 34.1 Å². The molecule has 0 aromatic heterocycles. The normalized spacial score (nSPS) is 9.94. The molecular formula is C15H12O2. The fourth-order valence-corrected chi connectivity index (χ4v) is 1.77. The summed E-state index contributed by atoms with van der Waals surface area (Å²) >= 11 is 0. The Morgan fingerprint density at radius 3 is 2.53 bits per heavy atom. The van der Waals surface area contributed by atoms with Crippen molar-refractivity contribution in [2.24, 2.45) is 0 Å². The lowest BCUT2D eigenvalue weighted by Gasteiger charge is -2.06. The Hall–Kier alpha value is -2.22. The van der Waals surface area contributed by atoms with Crippen molar-refractivity contribution in [3.8, 4) is 11.1 Å². The first-order chi connectivity index (χ1) is 8.22. The zero-order valence-corrected chi connectivity index (χ0v) is 9.51. The summed E-state index contributed by atoms with van der Waals surface area (Å²) in [5.41, 5.74) is 3.03. The van der Waals surface area contributed by atoms with Gasteiger partial charge in [0.25, 0.3) is 0 Å². The molecule has 0 aliphatic carbocycles. The molecule has 0 saturated carbocycles. The number of carbonyl (C=O) groups is 2. The maximum Gasteiger partial charge on any atom is 0.159 e. The maximum atomic E-state index is 11.3. The van der Waals surface area contributed by atoms with Crippen LogP contribution in [0.4, 0.5) is 0 Å². The number of rotatable bonds is 3. The standard InChI is InChI=1S/C15H12O2/c1-11(17)12-6-4-7-13(9-12)15-8-3-2-5-14(15)10-16/h2-10H,1H3. The van der Waals surface area contributed by atoms with E-state index in [-0.39, 0.29) is 5.78 Å². The maximum absolute atomic E-state index is 11.3. The first kappa shape index (κ1) is 11.3. The van der Waals surface area contributed by atoms with Crippen LogP contribution in [-0.4, -0.2) is 12.1 Å². The number of aldehydes is 1. The summed E-state index contributed by atoms with van der Waals surface area (Å²) in [7, 11) is 0. The van der Waals surface area contributed by atoms with Gasteiger partial charge < -0.3 is 0 Å². The van der Waals surface area contributed by atoms with Crippen LogP contribution in [0.3, 0.4) is 0 Å². The first-order valence-electron chi connectivity index (χ1n) is 5.38. The lowest BCUT2D eigenvalue weighted by molar-refractivity contribution is 0.101. The average molecular weight is 224 g/mol. The van der Waals surface area contributed by atoms with Crippen LogP contribution in [0.15, 0.2) is 48.5 Å². The highest BCUT2D eigenvalue weighted by Crippen LogP contribution is 2.23. The second kappa shape index (κ2) is 4.74. The van der Waals surface area contributed by atoms with Crippen molar-refractivity contribution >= 4 is 12.1 Å². The number of ketones is 1. The molecule has 2 rings (SSSR count). The molecule has 84 valence electrons. The Balaban J connectivity index is 2.56. The molecule has 0 amide bonds. The Morgan fingerprint density at radius 2 is 1.82 bits per heavy atom. The molecule has 2 heteroatoms. The Kier molecular flexibility index (Phi) is 3.15. The second-order valence-electron chi connectivity index (χ2n) is 3.84. The molecule has 2 aromatic rings. The first-order valence-corrected chi connectivity index (χ1v) is 5.38. The second-order valence-corrected chi connectivity index (χ2v) is 3.84. The Morgan fingerprint density at radius 1 is 1.06 bits per heavy atom. The molecule has 0 bridgehead atoms. The van der Waals surface area contributed by atoms with E-state index in [9.17, 15) is 9.59 Å². The lowest BCUT2D eigenvalue weighted by Crippen LogP contribution is -1.93. The molecule has 0 fully saturated rings. The van der Waals surface area contributed by atoms with Crippen molar-refractivity contribution in [3.05, 3.63) is 59.7 Å². The molecule has 2 nitrogen and oxygen atoms in total. The highest BCUT2D eigenvalue weighted by molar-refractivity contribution is 5.96. The van der Waals surface area contributed by atoms with E-state index in [2.05, 4.69) is 0 Å². The average Bonchev–Trinajstić information content (AvgIpc) is 2.39. The predicted molar refractivity (Wildman–Crippen MR) is 67.3 cm³/mol. The zero-order valence-electron chi connectivity index (χ0n) is 9.51. The van der Waals surface area contributed by atoms with Crippen LogP contribution in [0, 0.1) is 0 Å². The van der Waals surface area contributed by atoms with Crippen molar-refractivity contribution in [3.63, 3.8) is 0 Å². The van der Waals surface area contributed by atoms with Gasteiger partial charge in [-0.25, -0.2) is 0 Å². The Bertz CT molecular complexity index is 571. The highest BCUT2D eigenvalue weighted by atomic mass is 16.1. The van der Waals surface area contributed by atoms with Crippen LogP contribution in [0.1, 0.15) is 27.6 Å². The largest absolute Gasteiger partial charge is 0.298 e. The van der Waals surface area contributed by atoms with Gasteiger partial charge in [-0.3, -0.25) is 9.59 Å². The van der Waals surface area contributed by atoms with Gasteiger partial charge in [0.05, 0.1) is 0 Å². The van der Waals surface area contributed by atoms with E-state index >= 15 is 0 Å². The van der Waals surface area contributed by atoms with Crippen molar-refractivity contribution in [1.82, 2.24) is 0 Å². The third-order valence-electron chi connectivity index (χ3n) is 2.67. The summed E-state index contributed by atoms with van der Waals surface area (Å²) in [5, 5.41) is 0. The van der Waals surface area contributed by atoms with Crippen LogP contribution in [0.2, 0.25) is 0 Å². The summed E-state index contributed by atoms with van der Waals surface area (Å²) in [6.45, 7) is 1.53. The molecule has 17 heavy (non-hydrogen) atoms. The van der Waals surface area contributed by atoms with E-state index in [0.29, 0.717) is 11.1 Å². The molecular weight excluding hydrogens is 212 g/mol. The van der Waals surface area contributed by atoms with E-state index in [4.69, 9.17) is 0 Å². The number of benzene rings is 2. The van der Waals surface area contributed by atoms with E-state index in [1.165, 1.54) is 6.92 Å². The van der Waals surface area contributed by atoms with Gasteiger partial charge in [-0.05, 0) is 24.1 Å². The Labute approximate surface area is 99.9 Å². The molecule has 0 heterocycles. The quantitative estimate of drug-likeness (QED) is 0.591. The van der Waals surface area contributed by atoms with Gasteiger partial charge in [-0.1, -0.05) is 42.5 Å². The third-order valence-corrected chi connectivity index (χ3v) is 2.67. The van der Waals surface area contributed by atoms with E-state index in [0.717, 1.165) is 17.4 Å². The van der Waals surface area contributed by atoms with Crippen LogP contribution < -0.4 is 0 Å². The highest BCUT2D eigenvalue weighted by Gasteiger charge is 2.05. The van der Waals surface area contributed by atoms with Gasteiger partial charge in [-0.15, -0.1) is 0 Å². The van der Waals surface area contributed by atoms with Crippen molar-refractivity contribution < 1.29 is 9.59 Å². The number of Topliss-reactive ketones (excluding diaryl/α,β-unsaturated/α-hetero) is 1. The van der Waals surface area contributed by atoms with E-state index < -0.39 is 0 Å². The number of carbonyl (C=O) groups excluding carboxylic acids is 2. The van der Waals surface area contributed by atoms with Crippen molar-refractivity contribution in [2.45, 2.75) is 6.92 Å². The van der Waals surface area contributed by atoms with Gasteiger partial charge in [0, 0.05) is 11.1 Å². The van der Waals surface area contributed by atoms with Crippen LogP contribution >= 0.6 is 0 Å². The summed E-state index contributed by atoms with van der Waals surface area (Å²) in [6.07, 6.45) is 0.829. The van der Waals surface area contributed by atoms with Crippen LogP contribution in [0.25, 0.3) is 11.1 Å². The van der Waals surface area contributed by atoms with Crippen LogP contribution in [-0.2, 0) is 0 Å². The molecule has 0 spiro atoms. The predicted octanol–water partition coefficient (Wildman–Crippen LogP) is 3.37. The molecule has 2 aromatic carbocycles. The fourth-order valence-electron chi connectivity index (χ4n) is 1.77. The minimum Gasteiger partial charge on any atom is -0.298 e. The molecule has 0 aliphatic heterocycles. The summed E-state index contributed by atoms with van der Waals surface area (Å²) in [4.78, 5) is 22.3. The summed E-state index contributed by atoms with van der Waals surface area (Å²) in [5.74, 6) is 0.0236. The number of hydrogen-bond acceptors (Lipinski definition) is 2. The van der Waals surface area contributed by atoms with Gasteiger partial charge in [0.2, 0.25) is 0 Å².